The molecule has 7 heteroatoms. The Morgan fingerprint density at radius 1 is 1.37 bits per heavy atom. The second kappa shape index (κ2) is 5.00. The van der Waals surface area contributed by atoms with E-state index < -0.39 is 16.0 Å². The number of amidine groups is 1. The average molecular weight is 282 g/mol. The van der Waals surface area contributed by atoms with Crippen molar-refractivity contribution in [2.45, 2.75) is 24.8 Å². The van der Waals surface area contributed by atoms with Crippen molar-refractivity contribution in [2.24, 2.45) is 4.99 Å². The smallest absolute Gasteiger partial charge is 0.328 e. The molecule has 0 radical (unpaired) electrons. The fourth-order valence-electron chi connectivity index (χ4n) is 1.70. The molecule has 0 unspecified atom stereocenters. The first-order chi connectivity index (χ1) is 8.90. The van der Waals surface area contributed by atoms with E-state index in [1.807, 2.05) is 0 Å². The first kappa shape index (κ1) is 13.5. The molecule has 0 aromatic heterocycles. The summed E-state index contributed by atoms with van der Waals surface area (Å²) < 4.78 is 30.8. The van der Waals surface area contributed by atoms with Crippen LogP contribution in [0.5, 0.6) is 0 Å². The van der Waals surface area contributed by atoms with Crippen LogP contribution < -0.4 is 4.72 Å². The Hall–Kier alpha value is -1.89. The molecule has 0 aliphatic carbocycles. The summed E-state index contributed by atoms with van der Waals surface area (Å²) in [6, 6.07) is 6.48. The number of nitrogens with zero attached hydrogens (tertiary/aromatic N) is 1. The topological polar surface area (TPSA) is 84.8 Å². The highest BCUT2D eigenvalue weighted by atomic mass is 32.2. The van der Waals surface area contributed by atoms with Crippen LogP contribution in [0.4, 0.5) is 0 Å². The molecule has 1 heterocycles. The minimum atomic E-state index is -3.56. The Balaban J connectivity index is 2.22. The lowest BCUT2D eigenvalue weighted by molar-refractivity contribution is -0.145. The normalized spacial score (nSPS) is 18.2. The van der Waals surface area contributed by atoms with Gasteiger partial charge in [0.1, 0.15) is 12.4 Å². The van der Waals surface area contributed by atoms with Crippen LogP contribution in [0.25, 0.3) is 0 Å². The summed E-state index contributed by atoms with van der Waals surface area (Å²) in [6.07, 6.45) is -0.222. The fraction of sp³-hybridized carbons (Fsp3) is 0.333. The third-order valence-corrected chi connectivity index (χ3v) is 3.79. The van der Waals surface area contributed by atoms with E-state index in [1.165, 1.54) is 6.07 Å². The van der Waals surface area contributed by atoms with Gasteiger partial charge in [0.15, 0.2) is 0 Å². The van der Waals surface area contributed by atoms with Gasteiger partial charge in [0.25, 0.3) is 10.0 Å². The highest BCUT2D eigenvalue weighted by Gasteiger charge is 2.30. The van der Waals surface area contributed by atoms with Crippen molar-refractivity contribution in [2.75, 3.05) is 6.54 Å². The zero-order valence-corrected chi connectivity index (χ0v) is 11.4. The van der Waals surface area contributed by atoms with Crippen molar-refractivity contribution in [3.63, 3.8) is 0 Å². The van der Waals surface area contributed by atoms with E-state index in [1.54, 1.807) is 32.0 Å². The Bertz CT molecular complexity index is 635. The molecule has 0 saturated carbocycles. The highest BCUT2D eigenvalue weighted by molar-refractivity contribution is 7.90. The van der Waals surface area contributed by atoms with Crippen LogP contribution in [-0.2, 0) is 19.6 Å². The molecular formula is C12H14N2O4S. The number of carbonyl (C=O) groups is 1. The van der Waals surface area contributed by atoms with Crippen LogP contribution in [0, 0.1) is 0 Å². The van der Waals surface area contributed by atoms with Gasteiger partial charge in [-0.15, -0.1) is 0 Å². The molecule has 19 heavy (non-hydrogen) atoms. The monoisotopic (exact) mass is 282 g/mol. The molecule has 0 saturated heterocycles. The summed E-state index contributed by atoms with van der Waals surface area (Å²) in [5.41, 5.74) is 0.472. The Labute approximate surface area is 111 Å². The largest absolute Gasteiger partial charge is 0.462 e. The number of fused-ring (bicyclic) bond motifs is 1. The molecule has 1 aromatic carbocycles. The number of rotatable bonds is 3. The van der Waals surface area contributed by atoms with E-state index >= 15 is 0 Å². The highest BCUT2D eigenvalue weighted by Crippen LogP contribution is 2.21. The van der Waals surface area contributed by atoms with Crippen molar-refractivity contribution in [1.82, 2.24) is 4.72 Å². The molecule has 0 atom stereocenters. The molecule has 1 N–H and O–H groups in total. The SMILES string of the molecule is CC(C)OC(=O)CN=C1NS(=O)(=O)c2ccccc21. The second-order valence-corrected chi connectivity index (χ2v) is 5.96. The molecule has 1 aromatic rings. The number of sulfonamides is 1. The Morgan fingerprint density at radius 2 is 2.05 bits per heavy atom. The van der Waals surface area contributed by atoms with Gasteiger partial charge in [0.2, 0.25) is 0 Å². The fourth-order valence-corrected chi connectivity index (χ4v) is 2.95. The standard InChI is InChI=1S/C12H14N2O4S/c1-8(2)18-11(15)7-13-12-9-5-3-4-6-10(9)19(16,17)14-12/h3-6,8H,7H2,1-2H3,(H,13,14). The summed E-state index contributed by atoms with van der Waals surface area (Å²) in [7, 11) is -3.56. The molecule has 1 aliphatic rings. The molecule has 1 aliphatic heterocycles. The summed E-state index contributed by atoms with van der Waals surface area (Å²) in [6.45, 7) is 3.25. The molecule has 0 spiro atoms. The average Bonchev–Trinajstić information content (AvgIpc) is 2.59. The second-order valence-electron chi connectivity index (χ2n) is 4.31. The van der Waals surface area contributed by atoms with Crippen LogP contribution in [0.1, 0.15) is 19.4 Å². The molecule has 0 fully saturated rings. The van der Waals surface area contributed by atoms with Gasteiger partial charge in [-0.1, -0.05) is 12.1 Å². The third kappa shape index (κ3) is 2.93. The van der Waals surface area contributed by atoms with E-state index in [0.29, 0.717) is 5.56 Å². The maximum Gasteiger partial charge on any atom is 0.328 e. The maximum absolute atomic E-state index is 11.8. The molecular weight excluding hydrogens is 268 g/mol. The third-order valence-electron chi connectivity index (χ3n) is 2.40. The van der Waals surface area contributed by atoms with Gasteiger partial charge in [0.05, 0.1) is 11.0 Å². The van der Waals surface area contributed by atoms with E-state index in [2.05, 4.69) is 9.71 Å². The summed E-state index contributed by atoms with van der Waals surface area (Å²) in [4.78, 5) is 15.5. The summed E-state index contributed by atoms with van der Waals surface area (Å²) >= 11 is 0. The molecule has 0 amide bonds. The minimum absolute atomic E-state index is 0.172. The van der Waals surface area contributed by atoms with Gasteiger partial charge in [-0.05, 0) is 26.0 Å². The van der Waals surface area contributed by atoms with E-state index in [4.69, 9.17) is 4.74 Å². The Kier molecular flexibility index (Phi) is 3.57. The number of esters is 1. The summed E-state index contributed by atoms with van der Waals surface area (Å²) in [5.74, 6) is -0.317. The number of benzene rings is 1. The quantitative estimate of drug-likeness (QED) is 0.826. The molecule has 102 valence electrons. The first-order valence-corrected chi connectivity index (χ1v) is 7.24. The van der Waals surface area contributed by atoms with Gasteiger partial charge in [-0.2, -0.15) is 0 Å². The van der Waals surface area contributed by atoms with Crippen LogP contribution in [0.15, 0.2) is 34.2 Å². The number of nitrogens with one attached hydrogen (secondary N) is 1. The minimum Gasteiger partial charge on any atom is -0.462 e. The predicted molar refractivity (Wildman–Crippen MR) is 69.4 cm³/mol. The lowest BCUT2D eigenvalue weighted by atomic mass is 10.2. The van der Waals surface area contributed by atoms with E-state index in [9.17, 15) is 13.2 Å². The summed E-state index contributed by atoms with van der Waals surface area (Å²) in [5, 5.41) is 0. The van der Waals surface area contributed by atoms with Gasteiger partial charge < -0.3 is 4.74 Å². The van der Waals surface area contributed by atoms with Gasteiger partial charge in [-0.25, -0.2) is 8.42 Å². The zero-order valence-electron chi connectivity index (χ0n) is 10.6. The van der Waals surface area contributed by atoms with Crippen LogP contribution in [0.2, 0.25) is 0 Å². The van der Waals surface area contributed by atoms with Crippen LogP contribution in [-0.4, -0.2) is 32.9 Å². The Morgan fingerprint density at radius 3 is 2.74 bits per heavy atom. The van der Waals surface area contributed by atoms with Crippen LogP contribution >= 0.6 is 0 Å². The first-order valence-electron chi connectivity index (χ1n) is 5.76. The van der Waals surface area contributed by atoms with Crippen molar-refractivity contribution < 1.29 is 17.9 Å². The van der Waals surface area contributed by atoms with E-state index in [0.717, 1.165) is 0 Å². The molecule has 6 nitrogen and oxygen atoms in total. The van der Waals surface area contributed by atoms with Gasteiger partial charge in [0, 0.05) is 5.56 Å². The van der Waals surface area contributed by atoms with Crippen LogP contribution in [0.3, 0.4) is 0 Å². The van der Waals surface area contributed by atoms with Crippen molar-refractivity contribution in [1.29, 1.82) is 0 Å². The number of hydrogen-bond acceptors (Lipinski definition) is 5. The van der Waals surface area contributed by atoms with Crippen molar-refractivity contribution >= 4 is 21.8 Å². The van der Waals surface area contributed by atoms with Gasteiger partial charge in [-0.3, -0.25) is 14.5 Å². The molecule has 2 rings (SSSR count). The van der Waals surface area contributed by atoms with Crippen molar-refractivity contribution in [3.8, 4) is 0 Å². The number of carbonyl (C=O) groups excluding carboxylic acids is 1. The predicted octanol–water partition coefficient (Wildman–Crippen LogP) is 0.677. The lowest BCUT2D eigenvalue weighted by Crippen LogP contribution is -2.24. The zero-order chi connectivity index (χ0) is 14.0. The lowest BCUT2D eigenvalue weighted by Gasteiger charge is -2.05. The molecule has 0 bridgehead atoms. The van der Waals surface area contributed by atoms with Crippen molar-refractivity contribution in [3.05, 3.63) is 29.8 Å². The van der Waals surface area contributed by atoms with Gasteiger partial charge >= 0.3 is 5.97 Å². The number of ether oxygens (including phenoxy) is 1. The maximum atomic E-state index is 11.8. The van der Waals surface area contributed by atoms with E-state index in [-0.39, 0.29) is 23.4 Å². The number of hydrogen-bond donors (Lipinski definition) is 1. The number of aliphatic imine (C=N–C) groups is 1.